The topological polar surface area (TPSA) is 86.8 Å². The molecule has 0 spiro atoms. The molecule has 8 heteroatoms. The SMILES string of the molecule is CCCNC(=O)[C@@H](Cc1ccccc1)N(Cc1ccccc1)C(=O)CN(c1cccc(C)c1C)S(=O)(=O)c1ccc(C)cc1. The lowest BCUT2D eigenvalue weighted by molar-refractivity contribution is -0.140. The van der Waals surface area contributed by atoms with Gasteiger partial charge in [0.1, 0.15) is 12.6 Å². The molecule has 0 saturated carbocycles. The fraction of sp³-hybridized carbons (Fsp3) is 0.278. The van der Waals surface area contributed by atoms with E-state index in [9.17, 15) is 18.0 Å². The van der Waals surface area contributed by atoms with Crippen LogP contribution in [0.4, 0.5) is 5.69 Å². The third-order valence-electron chi connectivity index (χ3n) is 7.75. The highest BCUT2D eigenvalue weighted by molar-refractivity contribution is 7.92. The monoisotopic (exact) mass is 611 g/mol. The smallest absolute Gasteiger partial charge is 0.264 e. The molecule has 4 aromatic rings. The van der Waals surface area contributed by atoms with Crippen LogP contribution in [-0.4, -0.2) is 44.3 Å². The van der Waals surface area contributed by atoms with Crippen molar-refractivity contribution in [3.05, 3.63) is 131 Å². The van der Waals surface area contributed by atoms with Crippen LogP contribution in [0.25, 0.3) is 0 Å². The third kappa shape index (κ3) is 7.94. The van der Waals surface area contributed by atoms with Crippen molar-refractivity contribution < 1.29 is 18.0 Å². The molecular formula is C36H41N3O4S. The number of carbonyl (C=O) groups excluding carboxylic acids is 2. The summed E-state index contributed by atoms with van der Waals surface area (Å²) < 4.78 is 29.7. The number of nitrogens with one attached hydrogen (secondary N) is 1. The number of amides is 2. The molecule has 1 atom stereocenters. The van der Waals surface area contributed by atoms with E-state index in [0.717, 1.165) is 34.2 Å². The van der Waals surface area contributed by atoms with Gasteiger partial charge in [0.15, 0.2) is 0 Å². The van der Waals surface area contributed by atoms with E-state index in [2.05, 4.69) is 5.32 Å². The summed E-state index contributed by atoms with van der Waals surface area (Å²) in [7, 11) is -4.15. The summed E-state index contributed by atoms with van der Waals surface area (Å²) in [6.45, 7) is 7.76. The Kier molecular flexibility index (Phi) is 11.0. The van der Waals surface area contributed by atoms with Gasteiger partial charge in [0.25, 0.3) is 10.0 Å². The third-order valence-corrected chi connectivity index (χ3v) is 9.52. The summed E-state index contributed by atoms with van der Waals surface area (Å²) >= 11 is 0. The molecular weight excluding hydrogens is 570 g/mol. The molecule has 4 rings (SSSR count). The summed E-state index contributed by atoms with van der Waals surface area (Å²) in [5, 5.41) is 2.97. The predicted molar refractivity (Wildman–Crippen MR) is 176 cm³/mol. The maximum atomic E-state index is 14.5. The van der Waals surface area contributed by atoms with Crippen molar-refractivity contribution in [3.8, 4) is 0 Å². The molecule has 0 aliphatic rings. The zero-order chi connectivity index (χ0) is 31.7. The summed E-state index contributed by atoms with van der Waals surface area (Å²) in [6.07, 6.45) is 1.02. The van der Waals surface area contributed by atoms with Crippen molar-refractivity contribution in [2.45, 2.75) is 58.0 Å². The Morgan fingerprint density at radius 3 is 2.00 bits per heavy atom. The van der Waals surface area contributed by atoms with Crippen LogP contribution in [-0.2, 0) is 32.6 Å². The molecule has 4 aromatic carbocycles. The van der Waals surface area contributed by atoms with Gasteiger partial charge in [-0.15, -0.1) is 0 Å². The van der Waals surface area contributed by atoms with Crippen LogP contribution in [0.2, 0.25) is 0 Å². The standard InChI is InChI=1S/C36H41N3O4S/c1-5-23-37-36(41)34(24-30-14-8-6-9-15-30)38(25-31-16-10-7-11-17-31)35(40)26-39(33-18-12-13-28(3)29(33)4)44(42,43)32-21-19-27(2)20-22-32/h6-22,34H,5,23-26H2,1-4H3,(H,37,41)/t34-/m1/s1. The molecule has 0 aliphatic carbocycles. The highest BCUT2D eigenvalue weighted by Crippen LogP contribution is 2.29. The molecule has 0 fully saturated rings. The van der Waals surface area contributed by atoms with Gasteiger partial charge < -0.3 is 10.2 Å². The van der Waals surface area contributed by atoms with E-state index in [4.69, 9.17) is 0 Å². The van der Waals surface area contributed by atoms with Gasteiger partial charge in [-0.3, -0.25) is 13.9 Å². The lowest BCUT2D eigenvalue weighted by Gasteiger charge is -2.34. The number of rotatable bonds is 13. The normalized spacial score (nSPS) is 11.9. The minimum atomic E-state index is -4.15. The van der Waals surface area contributed by atoms with Crippen LogP contribution in [0.3, 0.4) is 0 Å². The molecule has 0 radical (unpaired) electrons. The number of nitrogens with zero attached hydrogens (tertiary/aromatic N) is 2. The molecule has 7 nitrogen and oxygen atoms in total. The summed E-state index contributed by atoms with van der Waals surface area (Å²) in [5.41, 5.74) is 4.74. The van der Waals surface area contributed by atoms with Crippen LogP contribution in [0, 0.1) is 20.8 Å². The average Bonchev–Trinajstić information content (AvgIpc) is 3.03. The second-order valence-electron chi connectivity index (χ2n) is 11.0. The Hall–Kier alpha value is -4.43. The number of sulfonamides is 1. The molecule has 1 N–H and O–H groups in total. The van der Waals surface area contributed by atoms with Crippen LogP contribution in [0.15, 0.2) is 108 Å². The second kappa shape index (κ2) is 14.8. The largest absolute Gasteiger partial charge is 0.354 e. The van der Waals surface area contributed by atoms with Crippen LogP contribution in [0.1, 0.15) is 41.2 Å². The lowest BCUT2D eigenvalue weighted by Crippen LogP contribution is -2.53. The summed E-state index contributed by atoms with van der Waals surface area (Å²) in [5.74, 6) is -0.752. The number of hydrogen-bond donors (Lipinski definition) is 1. The highest BCUT2D eigenvalue weighted by Gasteiger charge is 2.35. The first-order valence-electron chi connectivity index (χ1n) is 14.9. The zero-order valence-corrected chi connectivity index (χ0v) is 26.7. The molecule has 0 aliphatic heterocycles. The number of aryl methyl sites for hydroxylation is 2. The zero-order valence-electron chi connectivity index (χ0n) is 25.9. The van der Waals surface area contributed by atoms with Crippen LogP contribution in [0.5, 0.6) is 0 Å². The van der Waals surface area contributed by atoms with Crippen molar-refractivity contribution in [3.63, 3.8) is 0 Å². The minimum Gasteiger partial charge on any atom is -0.354 e. The Bertz CT molecular complexity index is 1660. The van der Waals surface area contributed by atoms with Gasteiger partial charge in [-0.25, -0.2) is 8.42 Å². The van der Waals surface area contributed by atoms with E-state index in [0.29, 0.717) is 12.2 Å². The van der Waals surface area contributed by atoms with Gasteiger partial charge in [0, 0.05) is 19.5 Å². The molecule has 0 unspecified atom stereocenters. The Morgan fingerprint density at radius 1 is 0.773 bits per heavy atom. The molecule has 0 bridgehead atoms. The van der Waals surface area contributed by atoms with E-state index in [1.165, 1.54) is 9.21 Å². The minimum absolute atomic E-state index is 0.0907. The number of benzene rings is 4. The van der Waals surface area contributed by atoms with E-state index in [-0.39, 0.29) is 23.8 Å². The average molecular weight is 612 g/mol. The first kappa shape index (κ1) is 32.5. The molecule has 0 saturated heterocycles. The maximum absolute atomic E-state index is 14.5. The van der Waals surface area contributed by atoms with Gasteiger partial charge in [-0.05, 0) is 67.6 Å². The molecule has 230 valence electrons. The molecule has 2 amide bonds. The van der Waals surface area contributed by atoms with E-state index in [1.54, 1.807) is 36.4 Å². The Morgan fingerprint density at radius 2 is 1.39 bits per heavy atom. The predicted octanol–water partition coefficient (Wildman–Crippen LogP) is 5.97. The van der Waals surface area contributed by atoms with Crippen LogP contribution >= 0.6 is 0 Å². The number of anilines is 1. The van der Waals surface area contributed by atoms with Crippen molar-refractivity contribution >= 4 is 27.5 Å². The number of carbonyl (C=O) groups is 2. The van der Waals surface area contributed by atoms with E-state index in [1.807, 2.05) is 94.4 Å². The van der Waals surface area contributed by atoms with Crippen LogP contribution < -0.4 is 9.62 Å². The van der Waals surface area contributed by atoms with Crippen molar-refractivity contribution in [2.75, 3.05) is 17.4 Å². The van der Waals surface area contributed by atoms with Crippen molar-refractivity contribution in [2.24, 2.45) is 0 Å². The number of hydrogen-bond acceptors (Lipinski definition) is 4. The lowest BCUT2D eigenvalue weighted by atomic mass is 10.0. The first-order chi connectivity index (χ1) is 21.1. The maximum Gasteiger partial charge on any atom is 0.264 e. The van der Waals surface area contributed by atoms with E-state index >= 15 is 0 Å². The Labute approximate surface area is 261 Å². The van der Waals surface area contributed by atoms with Gasteiger partial charge in [0.05, 0.1) is 10.6 Å². The molecule has 0 aromatic heterocycles. The summed E-state index contributed by atoms with van der Waals surface area (Å²) in [4.78, 5) is 29.8. The van der Waals surface area contributed by atoms with E-state index < -0.39 is 28.5 Å². The van der Waals surface area contributed by atoms with Gasteiger partial charge in [-0.1, -0.05) is 97.4 Å². The molecule has 44 heavy (non-hydrogen) atoms. The highest BCUT2D eigenvalue weighted by atomic mass is 32.2. The van der Waals surface area contributed by atoms with Gasteiger partial charge in [-0.2, -0.15) is 0 Å². The summed E-state index contributed by atoms with van der Waals surface area (Å²) in [6, 6.07) is 30.2. The van der Waals surface area contributed by atoms with Gasteiger partial charge in [0.2, 0.25) is 11.8 Å². The van der Waals surface area contributed by atoms with Gasteiger partial charge >= 0.3 is 0 Å². The quantitative estimate of drug-likeness (QED) is 0.202. The first-order valence-corrected chi connectivity index (χ1v) is 16.4. The second-order valence-corrected chi connectivity index (χ2v) is 12.9. The Balaban J connectivity index is 1.81. The molecule has 0 heterocycles. The fourth-order valence-electron chi connectivity index (χ4n) is 5.06. The van der Waals surface area contributed by atoms with Crippen molar-refractivity contribution in [1.29, 1.82) is 0 Å². The van der Waals surface area contributed by atoms with Crippen molar-refractivity contribution in [1.82, 2.24) is 10.2 Å². The fourth-order valence-corrected chi connectivity index (χ4v) is 6.53.